The number of aliphatic imine (C=N–C) groups is 1. The number of hydrogen-bond donors (Lipinski definition) is 2. The second-order valence-electron chi connectivity index (χ2n) is 11.2. The molecule has 3 aromatic rings. The molecule has 1 aliphatic heterocycles. The Kier molecular flexibility index (Phi) is 9.21. The number of aryl methyl sites for hydroxylation is 2. The van der Waals surface area contributed by atoms with Crippen LogP contribution in [-0.2, 0) is 31.3 Å². The van der Waals surface area contributed by atoms with Gasteiger partial charge in [-0.25, -0.2) is 23.1 Å². The first-order chi connectivity index (χ1) is 20.4. The number of fused-ring (bicyclic) bond motifs is 1. The topological polar surface area (TPSA) is 172 Å². The first-order valence-electron chi connectivity index (χ1n) is 13.8. The molecule has 0 fully saturated rings. The maximum Gasteiger partial charge on any atom is 0.296 e. The highest BCUT2D eigenvalue weighted by Gasteiger charge is 2.31. The smallest absolute Gasteiger partial charge is 0.296 e. The predicted octanol–water partition coefficient (Wildman–Crippen LogP) is 2.82. The van der Waals surface area contributed by atoms with Crippen molar-refractivity contribution < 1.29 is 26.1 Å². The van der Waals surface area contributed by atoms with Crippen LogP contribution in [-0.4, -0.2) is 88.7 Å². The van der Waals surface area contributed by atoms with Crippen molar-refractivity contribution in [2.24, 2.45) is 10.1 Å². The molecule has 0 radical (unpaired) electrons. The molecule has 4 rings (SSSR count). The summed E-state index contributed by atoms with van der Waals surface area (Å²) >= 11 is 0. The summed E-state index contributed by atoms with van der Waals surface area (Å²) in [7, 11) is -1.24. The Hall–Kier alpha value is -3.86. The SMILES string of the molecule is Cc1cc(N(C)C)ccc1S(=O)(=O)NCCc1nc2n(n1)N=C(OC(C)C)/C2=N\c1c(C)cc(N(C)C)c(S(=O)(=O)O)c1C. The number of anilines is 2. The average molecular weight is 647 g/mol. The quantitative estimate of drug-likeness (QED) is 0.312. The van der Waals surface area contributed by atoms with Crippen molar-refractivity contribution in [3.05, 3.63) is 52.6 Å². The number of hydrogen-bond acceptors (Lipinski definition) is 11. The standard InChI is InChI=1S/C28H38N8O6S2/c1-16(2)42-28-25(31-24-18(4)15-21(35(8)9)26(19(24)5)44(39,40)41)27-30-23(32-36(27)33-28)12-13-29-43(37,38)22-11-10-20(34(6)7)14-17(22)3/h10-11,14-16,29H,12-13H2,1-9H3,(H,39,40,41)/b31-25-. The molecule has 0 aliphatic carbocycles. The van der Waals surface area contributed by atoms with Crippen LogP contribution in [0.5, 0.6) is 0 Å². The van der Waals surface area contributed by atoms with Crippen molar-refractivity contribution in [1.82, 2.24) is 19.6 Å². The van der Waals surface area contributed by atoms with E-state index in [0.717, 1.165) is 5.69 Å². The van der Waals surface area contributed by atoms with Gasteiger partial charge in [0.25, 0.3) is 16.0 Å². The van der Waals surface area contributed by atoms with E-state index >= 15 is 0 Å². The maximum atomic E-state index is 13.0. The molecule has 14 nitrogen and oxygen atoms in total. The summed E-state index contributed by atoms with van der Waals surface area (Å²) in [6, 6.07) is 6.76. The molecule has 2 aromatic carbocycles. The van der Waals surface area contributed by atoms with Crippen molar-refractivity contribution in [3.63, 3.8) is 0 Å². The molecule has 0 atom stereocenters. The lowest BCUT2D eigenvalue weighted by molar-refractivity contribution is 0.232. The summed E-state index contributed by atoms with van der Waals surface area (Å²) < 4.78 is 69.3. The van der Waals surface area contributed by atoms with Gasteiger partial charge < -0.3 is 14.5 Å². The van der Waals surface area contributed by atoms with Crippen molar-refractivity contribution >= 4 is 48.8 Å². The molecule has 0 saturated carbocycles. The molecule has 0 unspecified atom stereocenters. The summed E-state index contributed by atoms with van der Waals surface area (Å²) in [5.74, 6) is 0.706. The summed E-state index contributed by atoms with van der Waals surface area (Å²) in [6.45, 7) is 8.76. The molecular formula is C28H38N8O6S2. The number of ether oxygens (including phenoxy) is 1. The van der Waals surface area contributed by atoms with E-state index in [1.165, 1.54) is 4.79 Å². The lowest BCUT2D eigenvalue weighted by Crippen LogP contribution is -2.27. The van der Waals surface area contributed by atoms with Gasteiger partial charge in [-0.1, -0.05) is 0 Å². The fraction of sp³-hybridized carbons (Fsp3) is 0.429. The van der Waals surface area contributed by atoms with Crippen LogP contribution in [0.2, 0.25) is 0 Å². The minimum atomic E-state index is -4.59. The van der Waals surface area contributed by atoms with Gasteiger partial charge >= 0.3 is 0 Å². The van der Waals surface area contributed by atoms with Crippen LogP contribution in [0.25, 0.3) is 0 Å². The normalized spacial score (nSPS) is 14.2. The van der Waals surface area contributed by atoms with Crippen LogP contribution >= 0.6 is 0 Å². The highest BCUT2D eigenvalue weighted by atomic mass is 32.2. The Morgan fingerprint density at radius 2 is 1.70 bits per heavy atom. The van der Waals surface area contributed by atoms with E-state index in [0.29, 0.717) is 28.3 Å². The van der Waals surface area contributed by atoms with E-state index in [4.69, 9.17) is 9.73 Å². The third-order valence-electron chi connectivity index (χ3n) is 6.81. The zero-order valence-electron chi connectivity index (χ0n) is 26.2. The molecule has 238 valence electrons. The molecule has 2 N–H and O–H groups in total. The monoisotopic (exact) mass is 646 g/mol. The van der Waals surface area contributed by atoms with E-state index < -0.39 is 20.1 Å². The van der Waals surface area contributed by atoms with E-state index in [2.05, 4.69) is 19.9 Å². The predicted molar refractivity (Wildman–Crippen MR) is 170 cm³/mol. The van der Waals surface area contributed by atoms with Crippen LogP contribution in [0.1, 0.15) is 42.2 Å². The highest BCUT2D eigenvalue weighted by Crippen LogP contribution is 2.37. The number of nitrogens with zero attached hydrogens (tertiary/aromatic N) is 7. The Labute approximate surface area is 258 Å². The van der Waals surface area contributed by atoms with Crippen LogP contribution in [0.15, 0.2) is 44.2 Å². The number of nitrogens with one attached hydrogen (secondary N) is 1. The van der Waals surface area contributed by atoms with E-state index in [1.807, 2.05) is 38.9 Å². The lowest BCUT2D eigenvalue weighted by atomic mass is 10.1. The number of benzene rings is 2. The van der Waals surface area contributed by atoms with Crippen molar-refractivity contribution in [2.45, 2.75) is 56.9 Å². The van der Waals surface area contributed by atoms with Gasteiger partial charge in [0, 0.05) is 46.8 Å². The van der Waals surface area contributed by atoms with Gasteiger partial charge in [0.1, 0.15) is 4.90 Å². The van der Waals surface area contributed by atoms with Gasteiger partial charge in [0.15, 0.2) is 11.5 Å². The third kappa shape index (κ3) is 6.77. The van der Waals surface area contributed by atoms with Gasteiger partial charge in [-0.3, -0.25) is 4.55 Å². The zero-order valence-corrected chi connectivity index (χ0v) is 27.9. The fourth-order valence-corrected chi connectivity index (χ4v) is 7.01. The largest absolute Gasteiger partial charge is 0.472 e. The fourth-order valence-electron chi connectivity index (χ4n) is 4.76. The van der Waals surface area contributed by atoms with Crippen molar-refractivity contribution in [3.8, 4) is 0 Å². The van der Waals surface area contributed by atoms with Gasteiger partial charge in [-0.15, -0.1) is 15.0 Å². The molecule has 44 heavy (non-hydrogen) atoms. The molecule has 1 aliphatic rings. The molecule has 0 amide bonds. The minimum Gasteiger partial charge on any atom is -0.472 e. The molecule has 0 spiro atoms. The maximum absolute atomic E-state index is 13.0. The van der Waals surface area contributed by atoms with Crippen LogP contribution in [0, 0.1) is 20.8 Å². The minimum absolute atomic E-state index is 0.0358. The average Bonchev–Trinajstić information content (AvgIpc) is 3.41. The zero-order chi connectivity index (χ0) is 32.7. The lowest BCUT2D eigenvalue weighted by Gasteiger charge is -2.20. The van der Waals surface area contributed by atoms with Gasteiger partial charge in [-0.2, -0.15) is 8.42 Å². The van der Waals surface area contributed by atoms with Crippen molar-refractivity contribution in [2.75, 3.05) is 44.5 Å². The summed E-state index contributed by atoms with van der Waals surface area (Å²) in [5.41, 5.74) is 3.26. The Morgan fingerprint density at radius 3 is 2.27 bits per heavy atom. The van der Waals surface area contributed by atoms with Crippen LogP contribution in [0.3, 0.4) is 0 Å². The molecular weight excluding hydrogens is 608 g/mol. The van der Waals surface area contributed by atoms with Crippen molar-refractivity contribution in [1.29, 1.82) is 0 Å². The number of sulfonamides is 1. The molecule has 1 aromatic heterocycles. The second-order valence-corrected chi connectivity index (χ2v) is 14.2. The first kappa shape index (κ1) is 33.0. The highest BCUT2D eigenvalue weighted by molar-refractivity contribution is 7.89. The van der Waals surface area contributed by atoms with Crippen LogP contribution < -0.4 is 14.5 Å². The summed E-state index contributed by atoms with van der Waals surface area (Å²) in [6.07, 6.45) is -0.0981. The number of rotatable bonds is 10. The van der Waals surface area contributed by atoms with Gasteiger partial charge in [0.2, 0.25) is 15.8 Å². The summed E-state index contributed by atoms with van der Waals surface area (Å²) in [4.78, 5) is 14.0. The Morgan fingerprint density at radius 1 is 1.02 bits per heavy atom. The second kappa shape index (κ2) is 12.3. The summed E-state index contributed by atoms with van der Waals surface area (Å²) in [5, 5.41) is 8.79. The van der Waals surface area contributed by atoms with Gasteiger partial charge in [0.05, 0.1) is 22.4 Å². The third-order valence-corrected chi connectivity index (χ3v) is 9.46. The van der Waals surface area contributed by atoms with Gasteiger partial charge in [-0.05, 0) is 75.6 Å². The van der Waals surface area contributed by atoms with E-state index in [1.54, 1.807) is 58.0 Å². The van der Waals surface area contributed by atoms with E-state index in [-0.39, 0.29) is 51.9 Å². The molecule has 2 heterocycles. The number of aromatic nitrogens is 3. The molecule has 0 bridgehead atoms. The van der Waals surface area contributed by atoms with E-state index in [9.17, 15) is 21.4 Å². The molecule has 16 heteroatoms. The molecule has 0 saturated heterocycles. The van der Waals surface area contributed by atoms with Crippen LogP contribution in [0.4, 0.5) is 17.1 Å². The Bertz CT molecular complexity index is 1880. The Balaban J connectivity index is 1.66. The first-order valence-corrected chi connectivity index (χ1v) is 16.7.